The van der Waals surface area contributed by atoms with Crippen LogP contribution in [-0.4, -0.2) is 140 Å². The highest BCUT2D eigenvalue weighted by Crippen LogP contribution is 2.30. The highest BCUT2D eigenvalue weighted by molar-refractivity contribution is 5.76. The summed E-state index contributed by atoms with van der Waals surface area (Å²) in [6.07, 6.45) is 82.3. The van der Waals surface area contributed by atoms with E-state index in [2.05, 4.69) is 189 Å². The average molecular weight is 1320 g/mol. The molecule has 14 nitrogen and oxygen atoms in total. The van der Waals surface area contributed by atoms with Crippen molar-refractivity contribution < 1.29 is 64.6 Å². The molecule has 0 spiro atoms. The van der Waals surface area contributed by atoms with Gasteiger partial charge in [0.05, 0.1) is 32.0 Å². The van der Waals surface area contributed by atoms with Crippen molar-refractivity contribution in [2.24, 2.45) is 0 Å². The number of carbonyl (C=O) groups is 1. The van der Waals surface area contributed by atoms with Gasteiger partial charge in [-0.25, -0.2) is 0 Å². The molecule has 12 atom stereocenters. The monoisotopic (exact) mass is 1320 g/mol. The molecule has 14 heteroatoms. The molecule has 536 valence electrons. The Bertz CT molecular complexity index is 2300. The normalized spacial score (nSPS) is 23.5. The second-order valence-electron chi connectivity index (χ2n) is 24.6. The summed E-state index contributed by atoms with van der Waals surface area (Å²) in [4.78, 5) is 13.3. The lowest BCUT2D eigenvalue weighted by Gasteiger charge is -2.46. The summed E-state index contributed by atoms with van der Waals surface area (Å²) in [5, 5.41) is 87.4. The molecule has 0 aromatic rings. The van der Waals surface area contributed by atoms with Crippen LogP contribution in [0, 0.1) is 0 Å². The lowest BCUT2D eigenvalue weighted by Crippen LogP contribution is -2.65. The highest BCUT2D eigenvalue weighted by Gasteiger charge is 2.51. The Morgan fingerprint density at radius 1 is 0.389 bits per heavy atom. The van der Waals surface area contributed by atoms with Gasteiger partial charge in [-0.15, -0.1) is 0 Å². The van der Waals surface area contributed by atoms with Crippen LogP contribution in [-0.2, 0) is 23.7 Å². The maximum atomic E-state index is 13.3. The zero-order valence-electron chi connectivity index (χ0n) is 58.3. The lowest BCUT2D eigenvalue weighted by molar-refractivity contribution is -0.359. The van der Waals surface area contributed by atoms with Crippen molar-refractivity contribution in [2.45, 2.75) is 299 Å². The molecule has 2 heterocycles. The highest BCUT2D eigenvalue weighted by atomic mass is 16.7. The Kier molecular flexibility index (Phi) is 56.8. The number of rotatable bonds is 57. The van der Waals surface area contributed by atoms with Gasteiger partial charge in [0.1, 0.15) is 48.8 Å². The number of carbonyl (C=O) groups excluding carboxylic acids is 1. The van der Waals surface area contributed by atoms with Gasteiger partial charge < -0.3 is 65.1 Å². The Balaban J connectivity index is 1.71. The van der Waals surface area contributed by atoms with Crippen molar-refractivity contribution >= 4 is 5.91 Å². The van der Waals surface area contributed by atoms with E-state index in [-0.39, 0.29) is 18.9 Å². The summed E-state index contributed by atoms with van der Waals surface area (Å²) < 4.78 is 22.8. The molecule has 0 saturated carbocycles. The van der Waals surface area contributed by atoms with Gasteiger partial charge in [-0.3, -0.25) is 4.79 Å². The zero-order chi connectivity index (χ0) is 68.7. The molecule has 0 aromatic heterocycles. The molecule has 1 amide bonds. The Morgan fingerprint density at radius 3 is 1.16 bits per heavy atom. The minimum absolute atomic E-state index is 0.202. The summed E-state index contributed by atoms with van der Waals surface area (Å²) in [5.41, 5.74) is 0. The van der Waals surface area contributed by atoms with Crippen LogP contribution < -0.4 is 5.32 Å². The molecule has 2 rings (SSSR count). The Hall–Kier alpha value is -4.91. The fraction of sp³-hybridized carbons (Fsp3) is 0.617. The lowest BCUT2D eigenvalue weighted by atomic mass is 9.97. The van der Waals surface area contributed by atoms with Crippen LogP contribution in [0.2, 0.25) is 0 Å². The third-order valence-electron chi connectivity index (χ3n) is 16.3. The van der Waals surface area contributed by atoms with Gasteiger partial charge >= 0.3 is 0 Å². The number of amides is 1. The van der Waals surface area contributed by atoms with Crippen molar-refractivity contribution in [3.8, 4) is 0 Å². The van der Waals surface area contributed by atoms with E-state index in [1.165, 1.54) is 77.0 Å². The molecule has 0 aromatic carbocycles. The van der Waals surface area contributed by atoms with Gasteiger partial charge in [0.15, 0.2) is 12.6 Å². The Labute approximate surface area is 574 Å². The molecule has 2 aliphatic rings. The summed E-state index contributed by atoms with van der Waals surface area (Å²) in [6.45, 7) is 2.62. The molecule has 12 unspecified atom stereocenters. The average Bonchev–Trinajstić information content (AvgIpc) is 0.801. The predicted molar refractivity (Wildman–Crippen MR) is 391 cm³/mol. The second-order valence-corrected chi connectivity index (χ2v) is 24.6. The van der Waals surface area contributed by atoms with Crippen LogP contribution in [0.3, 0.4) is 0 Å². The molecule has 95 heavy (non-hydrogen) atoms. The number of nitrogens with one attached hydrogen (secondary N) is 1. The molecule has 0 radical (unpaired) electrons. The van der Waals surface area contributed by atoms with E-state index < -0.39 is 86.8 Å². The SMILES string of the molecule is CC/C=C\C/C=C\C/C=C\C/C=C\C/C=C\C/C=C\C/C=C\C/C=C\C/C=C\C/C=C\C/C=C\C/C=C\CCCCC(=O)NC(COC1OC(CO)C(OC2OC(CO)C(O)C(O)C2O)C(O)C1O)C(O)/C=C/CC/C=C/CC/C=C/CCCCCCCCCCCCCC. The molecule has 2 saturated heterocycles. The molecular weight excluding hydrogens is 1190 g/mol. The van der Waals surface area contributed by atoms with E-state index in [9.17, 15) is 45.6 Å². The van der Waals surface area contributed by atoms with E-state index in [1.807, 2.05) is 6.08 Å². The van der Waals surface area contributed by atoms with Crippen LogP contribution >= 0.6 is 0 Å². The van der Waals surface area contributed by atoms with E-state index >= 15 is 0 Å². The smallest absolute Gasteiger partial charge is 0.220 e. The van der Waals surface area contributed by atoms with Gasteiger partial charge in [0, 0.05) is 6.42 Å². The number of aliphatic hydroxyl groups is 8. The van der Waals surface area contributed by atoms with Crippen LogP contribution in [0.1, 0.15) is 226 Å². The largest absolute Gasteiger partial charge is 0.394 e. The van der Waals surface area contributed by atoms with E-state index in [0.717, 1.165) is 116 Å². The van der Waals surface area contributed by atoms with Crippen molar-refractivity contribution in [3.05, 3.63) is 182 Å². The second kappa shape index (κ2) is 62.6. The van der Waals surface area contributed by atoms with Crippen LogP contribution in [0.5, 0.6) is 0 Å². The summed E-state index contributed by atoms with van der Waals surface area (Å²) in [5.74, 6) is -0.303. The van der Waals surface area contributed by atoms with Crippen LogP contribution in [0.4, 0.5) is 0 Å². The molecule has 0 aliphatic carbocycles. The maximum absolute atomic E-state index is 13.3. The minimum atomic E-state index is -1.81. The van der Waals surface area contributed by atoms with Gasteiger partial charge in [0.2, 0.25) is 5.91 Å². The first-order valence-corrected chi connectivity index (χ1v) is 36.5. The first kappa shape index (κ1) is 86.2. The number of allylic oxidation sites excluding steroid dienone is 29. The van der Waals surface area contributed by atoms with Crippen molar-refractivity contribution in [1.29, 1.82) is 0 Å². The van der Waals surface area contributed by atoms with E-state index in [4.69, 9.17) is 18.9 Å². The summed E-state index contributed by atoms with van der Waals surface area (Å²) in [7, 11) is 0. The van der Waals surface area contributed by atoms with Crippen LogP contribution in [0.25, 0.3) is 0 Å². The standard InChI is InChI=1S/C81H129NO13/c1-3-5-7-9-11-13-15-17-19-21-23-25-27-28-29-30-31-32-33-34-35-36-37-38-39-40-41-42-43-45-47-49-51-53-55-57-59-61-63-65-73(86)82-69(68-92-80-78(91)76(89)79(72(67-84)94-80)95-81-77(90)75(88)74(87)71(66-83)93-81)70(85)64-62-60-58-56-54-52-50-48-46-44-26-24-22-20-18-16-14-12-10-8-6-4-2/h5,7,11,13,17,19,23,25,28-29,31-32,34-35,37-38,40-41,43,45-46,48-49,51,54-57,62,64,69-72,74-81,83-85,87-91H,3-4,6,8-10,12,14-16,18,20-22,24,26-27,30,33,36,39,42,44,47,50,52-53,58-61,63,65-68H2,1-2H3,(H,82,86)/b7-5-,13-11-,19-17-,25-23-,29-28-,32-31-,35-34-,38-37-,41-40-,45-43-,48-46+,51-49-,56-54+,57-55-,64-62+. The Morgan fingerprint density at radius 2 is 0.737 bits per heavy atom. The third-order valence-corrected chi connectivity index (χ3v) is 16.3. The maximum Gasteiger partial charge on any atom is 0.220 e. The predicted octanol–water partition coefficient (Wildman–Crippen LogP) is 15.7. The van der Waals surface area contributed by atoms with Crippen molar-refractivity contribution in [2.75, 3.05) is 19.8 Å². The number of hydrogen-bond acceptors (Lipinski definition) is 13. The van der Waals surface area contributed by atoms with E-state index in [1.54, 1.807) is 6.08 Å². The van der Waals surface area contributed by atoms with Gasteiger partial charge in [0.25, 0.3) is 0 Å². The fourth-order valence-electron chi connectivity index (χ4n) is 10.5. The van der Waals surface area contributed by atoms with Gasteiger partial charge in [-0.1, -0.05) is 267 Å². The molecule has 9 N–H and O–H groups in total. The molecule has 2 aliphatic heterocycles. The van der Waals surface area contributed by atoms with Gasteiger partial charge in [-0.2, -0.15) is 0 Å². The van der Waals surface area contributed by atoms with Crippen LogP contribution in [0.15, 0.2) is 182 Å². The van der Waals surface area contributed by atoms with Gasteiger partial charge in [-0.05, 0) is 135 Å². The third kappa shape index (κ3) is 46.1. The topological polar surface area (TPSA) is 228 Å². The van der Waals surface area contributed by atoms with Crippen molar-refractivity contribution in [1.82, 2.24) is 5.32 Å². The number of ether oxygens (including phenoxy) is 4. The molecule has 2 fully saturated rings. The summed E-state index contributed by atoms with van der Waals surface area (Å²) in [6, 6.07) is -0.977. The number of unbranched alkanes of at least 4 members (excludes halogenated alkanes) is 16. The van der Waals surface area contributed by atoms with Crippen molar-refractivity contribution in [3.63, 3.8) is 0 Å². The summed E-state index contributed by atoms with van der Waals surface area (Å²) >= 11 is 0. The first-order chi connectivity index (χ1) is 46.6. The fourth-order valence-corrected chi connectivity index (χ4v) is 10.5. The zero-order valence-corrected chi connectivity index (χ0v) is 58.3. The number of hydrogen-bond donors (Lipinski definition) is 9. The molecular formula is C81H129NO13. The first-order valence-electron chi connectivity index (χ1n) is 36.5. The quantitative estimate of drug-likeness (QED) is 0.0204. The number of aliphatic hydroxyl groups excluding tert-OH is 8. The van der Waals surface area contributed by atoms with E-state index in [0.29, 0.717) is 12.8 Å². The minimum Gasteiger partial charge on any atom is -0.394 e. The molecule has 0 bridgehead atoms.